The molecule has 0 aliphatic carbocycles. The Balaban J connectivity index is 2.23. The average Bonchev–Trinajstić information content (AvgIpc) is 2.78. The van der Waals surface area contributed by atoms with Gasteiger partial charge in [-0.2, -0.15) is 0 Å². The molecule has 0 saturated heterocycles. The number of thiazole rings is 1. The number of nitrogens with zero attached hydrogens (tertiary/aromatic N) is 2. The molecule has 2 rings (SSSR count). The van der Waals surface area contributed by atoms with Crippen molar-refractivity contribution in [2.24, 2.45) is 5.73 Å². The highest BCUT2D eigenvalue weighted by molar-refractivity contribution is 7.13. The molecule has 0 aliphatic heterocycles. The first-order chi connectivity index (χ1) is 8.20. The second-order valence-electron chi connectivity index (χ2n) is 3.49. The summed E-state index contributed by atoms with van der Waals surface area (Å²) < 4.78 is 0. The van der Waals surface area contributed by atoms with Crippen molar-refractivity contribution < 1.29 is 4.92 Å². The number of hydrogen-bond donors (Lipinski definition) is 1. The van der Waals surface area contributed by atoms with E-state index in [1.54, 1.807) is 12.1 Å². The van der Waals surface area contributed by atoms with Crippen LogP contribution in [0.15, 0.2) is 29.6 Å². The Bertz CT molecular complexity index is 522. The summed E-state index contributed by atoms with van der Waals surface area (Å²) in [4.78, 5) is 14.5. The summed E-state index contributed by atoms with van der Waals surface area (Å²) in [5.74, 6) is 0. The minimum absolute atomic E-state index is 0.0903. The number of hydrogen-bond acceptors (Lipinski definition) is 5. The van der Waals surface area contributed by atoms with Crippen molar-refractivity contribution in [2.45, 2.75) is 6.42 Å². The summed E-state index contributed by atoms with van der Waals surface area (Å²) >= 11 is 1.52. The standard InChI is InChI=1S/C11H11N3O2S/c12-6-5-9-7-17-11(13-9)8-1-3-10(4-2-8)14(15)16/h1-4,7H,5-6,12H2. The van der Waals surface area contributed by atoms with Crippen molar-refractivity contribution in [2.75, 3.05) is 6.54 Å². The number of nitro benzene ring substituents is 1. The van der Waals surface area contributed by atoms with Crippen LogP contribution in [0.1, 0.15) is 5.69 Å². The van der Waals surface area contributed by atoms with Crippen LogP contribution in [0.3, 0.4) is 0 Å². The Morgan fingerprint density at radius 2 is 2.06 bits per heavy atom. The molecule has 0 radical (unpaired) electrons. The van der Waals surface area contributed by atoms with E-state index in [1.165, 1.54) is 23.5 Å². The molecular weight excluding hydrogens is 238 g/mol. The Morgan fingerprint density at radius 1 is 1.35 bits per heavy atom. The van der Waals surface area contributed by atoms with E-state index >= 15 is 0 Å². The molecule has 2 aromatic rings. The molecule has 17 heavy (non-hydrogen) atoms. The summed E-state index contributed by atoms with van der Waals surface area (Å²) in [5, 5.41) is 13.3. The van der Waals surface area contributed by atoms with Gasteiger partial charge in [0.15, 0.2) is 0 Å². The molecule has 2 N–H and O–H groups in total. The third-order valence-electron chi connectivity index (χ3n) is 2.28. The van der Waals surface area contributed by atoms with Gasteiger partial charge in [-0.1, -0.05) is 0 Å². The zero-order chi connectivity index (χ0) is 12.3. The molecule has 88 valence electrons. The van der Waals surface area contributed by atoms with Crippen molar-refractivity contribution in [3.63, 3.8) is 0 Å². The number of aromatic nitrogens is 1. The van der Waals surface area contributed by atoms with Gasteiger partial charge in [-0.25, -0.2) is 4.98 Å². The van der Waals surface area contributed by atoms with Gasteiger partial charge < -0.3 is 5.73 Å². The van der Waals surface area contributed by atoms with Crippen LogP contribution in [0.5, 0.6) is 0 Å². The molecule has 0 atom stereocenters. The van der Waals surface area contributed by atoms with Crippen LogP contribution in [0.25, 0.3) is 10.6 Å². The van der Waals surface area contributed by atoms with Gasteiger partial charge in [-0.3, -0.25) is 10.1 Å². The fourth-order valence-electron chi connectivity index (χ4n) is 1.43. The Hall–Kier alpha value is -1.79. The molecule has 0 amide bonds. The van der Waals surface area contributed by atoms with Gasteiger partial charge in [0.25, 0.3) is 5.69 Å². The van der Waals surface area contributed by atoms with Crippen LogP contribution in [0.2, 0.25) is 0 Å². The zero-order valence-electron chi connectivity index (χ0n) is 9.00. The maximum atomic E-state index is 10.5. The van der Waals surface area contributed by atoms with E-state index in [9.17, 15) is 10.1 Å². The molecule has 0 aliphatic rings. The van der Waals surface area contributed by atoms with Gasteiger partial charge in [0.1, 0.15) is 5.01 Å². The normalized spacial score (nSPS) is 10.4. The molecule has 0 spiro atoms. The van der Waals surface area contributed by atoms with E-state index < -0.39 is 4.92 Å². The lowest BCUT2D eigenvalue weighted by molar-refractivity contribution is -0.384. The van der Waals surface area contributed by atoms with Gasteiger partial charge in [0.05, 0.1) is 10.6 Å². The number of non-ortho nitro benzene ring substituents is 1. The highest BCUT2D eigenvalue weighted by Gasteiger charge is 2.07. The van der Waals surface area contributed by atoms with Crippen LogP contribution in [0.4, 0.5) is 5.69 Å². The van der Waals surface area contributed by atoms with Crippen LogP contribution in [0, 0.1) is 10.1 Å². The SMILES string of the molecule is NCCc1csc(-c2ccc([N+](=O)[O-])cc2)n1. The second-order valence-corrected chi connectivity index (χ2v) is 4.34. The van der Waals surface area contributed by atoms with Gasteiger partial charge in [0, 0.05) is 29.5 Å². The topological polar surface area (TPSA) is 82.0 Å². The van der Waals surface area contributed by atoms with Crippen LogP contribution in [-0.2, 0) is 6.42 Å². The number of benzene rings is 1. The third kappa shape index (κ3) is 2.66. The Kier molecular flexibility index (Phi) is 3.46. The third-order valence-corrected chi connectivity index (χ3v) is 3.22. The Morgan fingerprint density at radius 3 is 2.65 bits per heavy atom. The first-order valence-electron chi connectivity index (χ1n) is 5.10. The monoisotopic (exact) mass is 249 g/mol. The minimum Gasteiger partial charge on any atom is -0.330 e. The molecule has 0 bridgehead atoms. The van der Waals surface area contributed by atoms with Crippen LogP contribution in [-0.4, -0.2) is 16.5 Å². The van der Waals surface area contributed by atoms with E-state index in [0.29, 0.717) is 6.54 Å². The smallest absolute Gasteiger partial charge is 0.269 e. The molecule has 1 heterocycles. The minimum atomic E-state index is -0.411. The molecule has 0 saturated carbocycles. The van der Waals surface area contributed by atoms with Crippen molar-refractivity contribution in [1.29, 1.82) is 0 Å². The van der Waals surface area contributed by atoms with Crippen LogP contribution >= 0.6 is 11.3 Å². The molecular formula is C11H11N3O2S. The van der Waals surface area contributed by atoms with Gasteiger partial charge in [-0.15, -0.1) is 11.3 Å². The average molecular weight is 249 g/mol. The summed E-state index contributed by atoms with van der Waals surface area (Å²) in [7, 11) is 0. The largest absolute Gasteiger partial charge is 0.330 e. The summed E-state index contributed by atoms with van der Waals surface area (Å²) in [5.41, 5.74) is 7.40. The zero-order valence-corrected chi connectivity index (χ0v) is 9.81. The molecule has 5 nitrogen and oxygen atoms in total. The molecule has 0 fully saturated rings. The molecule has 6 heteroatoms. The lowest BCUT2D eigenvalue weighted by Crippen LogP contribution is -2.02. The van der Waals surface area contributed by atoms with Crippen LogP contribution < -0.4 is 5.73 Å². The molecule has 1 aromatic carbocycles. The summed E-state index contributed by atoms with van der Waals surface area (Å²) in [6.07, 6.45) is 0.753. The maximum Gasteiger partial charge on any atom is 0.269 e. The van der Waals surface area contributed by atoms with Crippen molar-refractivity contribution in [1.82, 2.24) is 4.98 Å². The van der Waals surface area contributed by atoms with Gasteiger partial charge in [0.2, 0.25) is 0 Å². The quantitative estimate of drug-likeness (QED) is 0.665. The predicted octanol–water partition coefficient (Wildman–Crippen LogP) is 2.22. The van der Waals surface area contributed by atoms with Gasteiger partial charge in [-0.05, 0) is 18.7 Å². The first kappa shape index (κ1) is 11.7. The fraction of sp³-hybridized carbons (Fsp3) is 0.182. The van der Waals surface area contributed by atoms with E-state index in [2.05, 4.69) is 4.98 Å². The lowest BCUT2D eigenvalue weighted by atomic mass is 10.2. The van der Waals surface area contributed by atoms with E-state index in [0.717, 1.165) is 22.7 Å². The highest BCUT2D eigenvalue weighted by Crippen LogP contribution is 2.25. The summed E-state index contributed by atoms with van der Waals surface area (Å²) in [6.45, 7) is 0.573. The van der Waals surface area contributed by atoms with E-state index in [1.807, 2.05) is 5.38 Å². The molecule has 1 aromatic heterocycles. The maximum absolute atomic E-state index is 10.5. The lowest BCUT2D eigenvalue weighted by Gasteiger charge is -1.95. The second kappa shape index (κ2) is 5.03. The van der Waals surface area contributed by atoms with E-state index in [-0.39, 0.29) is 5.69 Å². The fourth-order valence-corrected chi connectivity index (χ4v) is 2.29. The van der Waals surface area contributed by atoms with Crippen molar-refractivity contribution in [3.8, 4) is 10.6 Å². The summed E-state index contributed by atoms with van der Waals surface area (Å²) in [6, 6.07) is 6.39. The Labute approximate surface area is 102 Å². The van der Waals surface area contributed by atoms with Crippen molar-refractivity contribution in [3.05, 3.63) is 45.5 Å². The number of nitro groups is 1. The van der Waals surface area contributed by atoms with Crippen molar-refractivity contribution >= 4 is 17.0 Å². The predicted molar refractivity (Wildman–Crippen MR) is 67.0 cm³/mol. The highest BCUT2D eigenvalue weighted by atomic mass is 32.1. The first-order valence-corrected chi connectivity index (χ1v) is 5.98. The number of nitrogens with two attached hydrogens (primary N) is 1. The molecule has 0 unspecified atom stereocenters. The van der Waals surface area contributed by atoms with E-state index in [4.69, 9.17) is 5.73 Å². The van der Waals surface area contributed by atoms with Gasteiger partial charge >= 0.3 is 0 Å². The number of rotatable bonds is 4.